The summed E-state index contributed by atoms with van der Waals surface area (Å²) in [6.07, 6.45) is 0.473. The summed E-state index contributed by atoms with van der Waals surface area (Å²) < 4.78 is 1.76. The lowest BCUT2D eigenvalue weighted by Crippen LogP contribution is -2.32. The number of aryl methyl sites for hydroxylation is 1. The van der Waals surface area contributed by atoms with E-state index in [4.69, 9.17) is 0 Å². The van der Waals surface area contributed by atoms with Gasteiger partial charge in [-0.25, -0.2) is 0 Å². The Morgan fingerprint density at radius 3 is 2.39 bits per heavy atom. The Labute approximate surface area is 163 Å². The second kappa shape index (κ2) is 7.38. The molecule has 0 fully saturated rings. The van der Waals surface area contributed by atoms with Gasteiger partial charge in [-0.05, 0) is 25.0 Å². The number of rotatable bonds is 5. The molecule has 6 heteroatoms. The number of hydrogen-bond acceptors (Lipinski definition) is 4. The third-order valence-corrected chi connectivity index (χ3v) is 4.76. The van der Waals surface area contributed by atoms with Crippen molar-refractivity contribution in [1.29, 1.82) is 0 Å². The summed E-state index contributed by atoms with van der Waals surface area (Å²) in [5, 5.41) is 15.5. The van der Waals surface area contributed by atoms with E-state index in [1.54, 1.807) is 9.42 Å². The number of fused-ring (bicyclic) bond motifs is 3. The zero-order valence-electron chi connectivity index (χ0n) is 16.3. The van der Waals surface area contributed by atoms with Crippen molar-refractivity contribution in [2.24, 2.45) is 5.92 Å². The minimum atomic E-state index is 0.0652. The molecule has 0 atom stereocenters. The molecule has 6 nitrogen and oxygen atoms in total. The Bertz CT molecular complexity index is 1130. The van der Waals surface area contributed by atoms with Crippen molar-refractivity contribution >= 4 is 28.0 Å². The average molecular weight is 373 g/mol. The predicted octanol–water partition coefficient (Wildman–Crippen LogP) is 4.17. The van der Waals surface area contributed by atoms with Gasteiger partial charge in [0, 0.05) is 22.9 Å². The number of aromatic nitrogens is 4. The first-order valence-electron chi connectivity index (χ1n) is 9.49. The molecule has 0 aliphatic heterocycles. The molecule has 0 N–H and O–H groups in total. The van der Waals surface area contributed by atoms with Crippen LogP contribution in [0.2, 0.25) is 0 Å². The Kier molecular flexibility index (Phi) is 4.77. The molecular formula is C22H23N5O. The van der Waals surface area contributed by atoms with E-state index in [9.17, 15) is 4.79 Å². The molecule has 0 saturated carbocycles. The highest BCUT2D eigenvalue weighted by molar-refractivity contribution is 5.95. The van der Waals surface area contributed by atoms with Crippen molar-refractivity contribution in [2.75, 3.05) is 4.90 Å². The van der Waals surface area contributed by atoms with Crippen molar-refractivity contribution in [3.05, 3.63) is 66.1 Å². The molecule has 0 bridgehead atoms. The van der Waals surface area contributed by atoms with E-state index in [2.05, 4.69) is 15.3 Å². The number of amides is 1. The van der Waals surface area contributed by atoms with E-state index in [1.807, 2.05) is 75.4 Å². The molecule has 4 rings (SSSR count). The minimum Gasteiger partial charge on any atom is -0.305 e. The van der Waals surface area contributed by atoms with Crippen molar-refractivity contribution < 1.29 is 4.79 Å². The molecule has 2 aromatic carbocycles. The average Bonchev–Trinajstić information content (AvgIpc) is 3.09. The maximum atomic E-state index is 12.9. The van der Waals surface area contributed by atoms with E-state index in [0.717, 1.165) is 22.2 Å². The van der Waals surface area contributed by atoms with Crippen LogP contribution in [0.5, 0.6) is 0 Å². The summed E-state index contributed by atoms with van der Waals surface area (Å²) in [6, 6.07) is 17.7. The summed E-state index contributed by atoms with van der Waals surface area (Å²) >= 11 is 0. The molecule has 1 amide bonds. The largest absolute Gasteiger partial charge is 0.305 e. The number of nitrogens with zero attached hydrogens (tertiary/aromatic N) is 5. The third-order valence-electron chi connectivity index (χ3n) is 4.76. The van der Waals surface area contributed by atoms with Crippen molar-refractivity contribution in [1.82, 2.24) is 19.8 Å². The second-order valence-corrected chi connectivity index (χ2v) is 7.40. The van der Waals surface area contributed by atoms with Gasteiger partial charge in [0.1, 0.15) is 0 Å². The molecule has 0 aliphatic rings. The van der Waals surface area contributed by atoms with E-state index in [-0.39, 0.29) is 11.8 Å². The monoisotopic (exact) mass is 373 g/mol. The van der Waals surface area contributed by atoms with Gasteiger partial charge in [0.15, 0.2) is 11.5 Å². The number of benzene rings is 2. The summed E-state index contributed by atoms with van der Waals surface area (Å²) in [5.74, 6) is 0.985. The molecule has 142 valence electrons. The Hall–Kier alpha value is -3.28. The predicted molar refractivity (Wildman–Crippen MR) is 110 cm³/mol. The van der Waals surface area contributed by atoms with Gasteiger partial charge in [-0.3, -0.25) is 4.79 Å². The quantitative estimate of drug-likeness (QED) is 0.527. The van der Waals surface area contributed by atoms with Crippen LogP contribution >= 0.6 is 0 Å². The molecule has 28 heavy (non-hydrogen) atoms. The molecule has 4 aromatic rings. The zero-order chi connectivity index (χ0) is 19.7. The zero-order valence-corrected chi connectivity index (χ0v) is 16.3. The van der Waals surface area contributed by atoms with Crippen LogP contribution in [-0.2, 0) is 11.3 Å². The van der Waals surface area contributed by atoms with E-state index in [1.165, 1.54) is 0 Å². The van der Waals surface area contributed by atoms with Gasteiger partial charge in [0.2, 0.25) is 5.91 Å². The molecule has 0 unspecified atom stereocenters. The third kappa shape index (κ3) is 3.33. The fraction of sp³-hybridized carbons (Fsp3) is 0.273. The van der Waals surface area contributed by atoms with Gasteiger partial charge in [-0.1, -0.05) is 56.3 Å². The smallest absolute Gasteiger partial charge is 0.227 e. The molecular weight excluding hydrogens is 350 g/mol. The molecule has 0 saturated heterocycles. The standard InChI is InChI=1S/C22H23N5O/c1-15(2)13-21(28)26(17-9-5-4-6-10-17)14-20-23-24-22-19-12-8-7-11-18(19)16(3)25-27(20)22/h4-12,15H,13-14H2,1-3H3. The highest BCUT2D eigenvalue weighted by Crippen LogP contribution is 2.23. The Morgan fingerprint density at radius 1 is 1.00 bits per heavy atom. The summed E-state index contributed by atoms with van der Waals surface area (Å²) in [4.78, 5) is 14.7. The van der Waals surface area contributed by atoms with Gasteiger partial charge >= 0.3 is 0 Å². The lowest BCUT2D eigenvalue weighted by molar-refractivity contribution is -0.119. The lowest BCUT2D eigenvalue weighted by Gasteiger charge is -2.23. The van der Waals surface area contributed by atoms with E-state index >= 15 is 0 Å². The fourth-order valence-electron chi connectivity index (χ4n) is 3.41. The van der Waals surface area contributed by atoms with Crippen LogP contribution in [0.15, 0.2) is 54.6 Å². The lowest BCUT2D eigenvalue weighted by atomic mass is 10.1. The van der Waals surface area contributed by atoms with Crippen LogP contribution in [0, 0.1) is 12.8 Å². The summed E-state index contributed by atoms with van der Waals surface area (Å²) in [7, 11) is 0. The molecule has 0 aliphatic carbocycles. The number of para-hydroxylation sites is 1. The number of hydrogen-bond donors (Lipinski definition) is 0. The SMILES string of the molecule is Cc1nn2c(CN(C(=O)CC(C)C)c3ccccc3)nnc2c2ccccc12. The first-order chi connectivity index (χ1) is 13.5. The van der Waals surface area contributed by atoms with Crippen molar-refractivity contribution in [2.45, 2.75) is 33.7 Å². The summed E-state index contributed by atoms with van der Waals surface area (Å²) in [6.45, 7) is 6.39. The normalized spacial score (nSPS) is 11.4. The van der Waals surface area contributed by atoms with Gasteiger partial charge in [-0.2, -0.15) is 9.61 Å². The fourth-order valence-corrected chi connectivity index (χ4v) is 3.41. The van der Waals surface area contributed by atoms with Crippen molar-refractivity contribution in [3.63, 3.8) is 0 Å². The second-order valence-electron chi connectivity index (χ2n) is 7.40. The minimum absolute atomic E-state index is 0.0652. The van der Waals surface area contributed by atoms with Crippen LogP contribution in [-0.4, -0.2) is 25.7 Å². The maximum absolute atomic E-state index is 12.9. The molecule has 0 spiro atoms. The first kappa shape index (κ1) is 18.1. The van der Waals surface area contributed by atoms with Gasteiger partial charge in [0.05, 0.1) is 12.2 Å². The number of carbonyl (C=O) groups excluding carboxylic acids is 1. The van der Waals surface area contributed by atoms with Crippen LogP contribution in [0.1, 0.15) is 31.8 Å². The topological polar surface area (TPSA) is 63.4 Å². The van der Waals surface area contributed by atoms with Crippen LogP contribution in [0.4, 0.5) is 5.69 Å². The van der Waals surface area contributed by atoms with Crippen LogP contribution in [0.3, 0.4) is 0 Å². The summed E-state index contributed by atoms with van der Waals surface area (Å²) in [5.41, 5.74) is 2.46. The number of carbonyl (C=O) groups is 1. The van der Waals surface area contributed by atoms with Gasteiger partial charge in [-0.15, -0.1) is 10.2 Å². The Morgan fingerprint density at radius 2 is 1.68 bits per heavy atom. The van der Waals surface area contributed by atoms with Crippen molar-refractivity contribution in [3.8, 4) is 0 Å². The highest BCUT2D eigenvalue weighted by Gasteiger charge is 2.21. The van der Waals surface area contributed by atoms with Crippen LogP contribution in [0.25, 0.3) is 16.4 Å². The number of anilines is 1. The maximum Gasteiger partial charge on any atom is 0.227 e. The molecule has 2 heterocycles. The van der Waals surface area contributed by atoms with E-state index in [0.29, 0.717) is 24.4 Å². The van der Waals surface area contributed by atoms with E-state index < -0.39 is 0 Å². The first-order valence-corrected chi connectivity index (χ1v) is 9.49. The molecule has 0 radical (unpaired) electrons. The van der Waals surface area contributed by atoms with Gasteiger partial charge in [0.25, 0.3) is 0 Å². The van der Waals surface area contributed by atoms with Gasteiger partial charge < -0.3 is 4.90 Å². The molecule has 2 aromatic heterocycles. The Balaban J connectivity index is 1.78. The van der Waals surface area contributed by atoms with Crippen LogP contribution < -0.4 is 4.90 Å². The highest BCUT2D eigenvalue weighted by atomic mass is 16.2.